The smallest absolute Gasteiger partial charge is 0.191 e. The Morgan fingerprint density at radius 3 is 2.17 bits per heavy atom. The molecule has 0 spiro atoms. The van der Waals surface area contributed by atoms with Gasteiger partial charge in [0.15, 0.2) is 8.32 Å². The molecular weight excluding hydrogens is 240 g/mol. The highest BCUT2D eigenvalue weighted by Gasteiger charge is 2.48. The van der Waals surface area contributed by atoms with Gasteiger partial charge in [0.25, 0.3) is 0 Å². The minimum atomic E-state index is -1.62. The molecule has 2 aliphatic carbocycles. The Kier molecular flexibility index (Phi) is 3.97. The molecule has 1 N–H and O–H groups in total. The predicted octanol–water partition coefficient (Wildman–Crippen LogP) is 3.66. The van der Waals surface area contributed by atoms with Gasteiger partial charge < -0.3 is 9.53 Å². The Labute approximate surface area is 113 Å². The van der Waals surface area contributed by atoms with Crippen LogP contribution >= 0.6 is 0 Å². The van der Waals surface area contributed by atoms with Crippen LogP contribution in [0, 0.1) is 23.7 Å². The zero-order valence-electron chi connectivity index (χ0n) is 12.7. The van der Waals surface area contributed by atoms with Crippen molar-refractivity contribution in [2.24, 2.45) is 23.7 Å². The Morgan fingerprint density at radius 2 is 1.67 bits per heavy atom. The highest BCUT2D eigenvalue weighted by Crippen LogP contribution is 2.52. The van der Waals surface area contributed by atoms with E-state index in [0.717, 1.165) is 18.4 Å². The summed E-state index contributed by atoms with van der Waals surface area (Å²) in [4.78, 5) is 0. The molecule has 2 saturated carbocycles. The number of aliphatic hydroxyl groups is 1. The summed E-state index contributed by atoms with van der Waals surface area (Å²) in [6.07, 6.45) is 4.05. The summed E-state index contributed by atoms with van der Waals surface area (Å²) < 4.78 is 6.39. The zero-order valence-corrected chi connectivity index (χ0v) is 13.7. The molecule has 18 heavy (non-hydrogen) atoms. The first-order valence-electron chi connectivity index (χ1n) is 7.51. The van der Waals surface area contributed by atoms with E-state index in [1.165, 1.54) is 19.3 Å². The fraction of sp³-hybridized carbons (Fsp3) is 1.00. The van der Waals surface area contributed by atoms with Gasteiger partial charge in [0, 0.05) is 13.2 Å². The van der Waals surface area contributed by atoms with Gasteiger partial charge in [-0.1, -0.05) is 20.8 Å². The van der Waals surface area contributed by atoms with Crippen LogP contribution in [0.3, 0.4) is 0 Å². The third kappa shape index (κ3) is 2.54. The molecule has 0 saturated heterocycles. The van der Waals surface area contributed by atoms with Crippen LogP contribution in [0.2, 0.25) is 18.1 Å². The monoisotopic (exact) mass is 270 g/mol. The van der Waals surface area contributed by atoms with E-state index in [4.69, 9.17) is 4.43 Å². The summed E-state index contributed by atoms with van der Waals surface area (Å²) in [5.74, 6) is 2.77. The van der Waals surface area contributed by atoms with E-state index in [9.17, 15) is 5.11 Å². The molecule has 0 aromatic heterocycles. The van der Waals surface area contributed by atoms with E-state index >= 15 is 0 Å². The van der Waals surface area contributed by atoms with Gasteiger partial charge in [0.05, 0.1) is 0 Å². The summed E-state index contributed by atoms with van der Waals surface area (Å²) in [5, 5.41) is 9.89. The maximum Gasteiger partial charge on any atom is 0.191 e. The molecule has 0 amide bonds. The number of fused-ring (bicyclic) bond motifs is 2. The van der Waals surface area contributed by atoms with Gasteiger partial charge in [-0.25, -0.2) is 0 Å². The summed E-state index contributed by atoms with van der Waals surface area (Å²) in [6, 6.07) is 0. The molecule has 0 aromatic rings. The maximum atomic E-state index is 9.60. The van der Waals surface area contributed by atoms with Gasteiger partial charge in [-0.05, 0) is 61.1 Å². The van der Waals surface area contributed by atoms with Crippen molar-refractivity contribution in [3.63, 3.8) is 0 Å². The van der Waals surface area contributed by atoms with Gasteiger partial charge in [0.1, 0.15) is 0 Å². The molecular formula is C15H30O2Si. The fourth-order valence-electron chi connectivity index (χ4n) is 3.59. The lowest BCUT2D eigenvalue weighted by Gasteiger charge is -2.39. The van der Waals surface area contributed by atoms with Gasteiger partial charge in [-0.2, -0.15) is 0 Å². The second-order valence-corrected chi connectivity index (χ2v) is 12.7. The molecule has 4 unspecified atom stereocenters. The van der Waals surface area contributed by atoms with Crippen molar-refractivity contribution in [1.29, 1.82) is 0 Å². The van der Waals surface area contributed by atoms with E-state index in [1.54, 1.807) is 0 Å². The number of rotatable bonds is 4. The van der Waals surface area contributed by atoms with Crippen molar-refractivity contribution >= 4 is 8.32 Å². The first kappa shape index (κ1) is 14.5. The van der Waals surface area contributed by atoms with E-state index in [1.807, 2.05) is 0 Å². The first-order valence-corrected chi connectivity index (χ1v) is 10.4. The topological polar surface area (TPSA) is 29.5 Å². The van der Waals surface area contributed by atoms with Crippen molar-refractivity contribution in [3.05, 3.63) is 0 Å². The van der Waals surface area contributed by atoms with E-state index in [2.05, 4.69) is 33.9 Å². The summed E-state index contributed by atoms with van der Waals surface area (Å²) in [6.45, 7) is 12.8. The molecule has 0 heterocycles. The number of aliphatic hydroxyl groups excluding tert-OH is 1. The lowest BCUT2D eigenvalue weighted by molar-refractivity contribution is 0.0826. The lowest BCUT2D eigenvalue weighted by atomic mass is 9.80. The van der Waals surface area contributed by atoms with E-state index < -0.39 is 8.32 Å². The zero-order chi connectivity index (χ0) is 13.6. The molecule has 0 radical (unpaired) electrons. The van der Waals surface area contributed by atoms with Crippen LogP contribution in [0.15, 0.2) is 0 Å². The third-order valence-electron chi connectivity index (χ3n) is 5.93. The van der Waals surface area contributed by atoms with Crippen LogP contribution in [0.5, 0.6) is 0 Å². The van der Waals surface area contributed by atoms with Crippen LogP contribution in [0.1, 0.15) is 40.0 Å². The Hall–Kier alpha value is 0.137. The van der Waals surface area contributed by atoms with E-state index in [-0.39, 0.29) is 0 Å². The van der Waals surface area contributed by atoms with Crippen LogP contribution in [0.25, 0.3) is 0 Å². The predicted molar refractivity (Wildman–Crippen MR) is 78.0 cm³/mol. The van der Waals surface area contributed by atoms with Crippen molar-refractivity contribution in [3.8, 4) is 0 Å². The highest BCUT2D eigenvalue weighted by atomic mass is 28.4. The molecule has 2 fully saturated rings. The quantitative estimate of drug-likeness (QED) is 0.790. The average Bonchev–Trinajstić information content (AvgIpc) is 2.84. The SMILES string of the molecule is CC(C)(C)[Si](C)(C)OCC1C2CCC(C2)C1CO. The minimum Gasteiger partial charge on any atom is -0.417 e. The van der Waals surface area contributed by atoms with Crippen molar-refractivity contribution in [1.82, 2.24) is 0 Å². The minimum absolute atomic E-state index is 0.291. The third-order valence-corrected chi connectivity index (χ3v) is 10.4. The Morgan fingerprint density at radius 1 is 1.11 bits per heavy atom. The van der Waals surface area contributed by atoms with Gasteiger partial charge in [-0.15, -0.1) is 0 Å². The molecule has 0 aliphatic heterocycles. The second kappa shape index (κ2) is 4.91. The lowest BCUT2D eigenvalue weighted by Crippen LogP contribution is -2.43. The molecule has 3 heteroatoms. The normalized spacial score (nSPS) is 36.3. The summed E-state index contributed by atoms with van der Waals surface area (Å²) >= 11 is 0. The maximum absolute atomic E-state index is 9.60. The molecule has 2 nitrogen and oxygen atoms in total. The van der Waals surface area contributed by atoms with Crippen molar-refractivity contribution in [2.45, 2.75) is 58.2 Å². The first-order chi connectivity index (χ1) is 8.26. The summed E-state index contributed by atoms with van der Waals surface area (Å²) in [5.41, 5.74) is 0. The number of hydrogen-bond donors (Lipinski definition) is 1. The summed E-state index contributed by atoms with van der Waals surface area (Å²) in [7, 11) is -1.62. The standard InChI is InChI=1S/C15H30O2Si/c1-15(2,3)18(4,5)17-10-14-12-7-6-11(8-12)13(14)9-16/h11-14,16H,6-10H2,1-5H3. The highest BCUT2D eigenvalue weighted by molar-refractivity contribution is 6.74. The van der Waals surface area contributed by atoms with Crippen LogP contribution in [-0.4, -0.2) is 26.6 Å². The van der Waals surface area contributed by atoms with Gasteiger partial charge in [0.2, 0.25) is 0 Å². The molecule has 2 aliphatic rings. The van der Waals surface area contributed by atoms with E-state index in [0.29, 0.717) is 23.5 Å². The Bertz CT molecular complexity index is 295. The van der Waals surface area contributed by atoms with Crippen LogP contribution < -0.4 is 0 Å². The Balaban J connectivity index is 1.94. The van der Waals surface area contributed by atoms with Crippen LogP contribution in [0.4, 0.5) is 0 Å². The van der Waals surface area contributed by atoms with Gasteiger partial charge >= 0.3 is 0 Å². The molecule has 4 atom stereocenters. The average molecular weight is 270 g/mol. The van der Waals surface area contributed by atoms with Crippen LogP contribution in [-0.2, 0) is 4.43 Å². The second-order valence-electron chi connectivity index (χ2n) is 7.91. The van der Waals surface area contributed by atoms with Gasteiger partial charge in [-0.3, -0.25) is 0 Å². The number of hydrogen-bond acceptors (Lipinski definition) is 2. The fourth-order valence-corrected chi connectivity index (χ4v) is 4.64. The molecule has 2 rings (SSSR count). The largest absolute Gasteiger partial charge is 0.417 e. The molecule has 0 aromatic carbocycles. The van der Waals surface area contributed by atoms with Crippen molar-refractivity contribution < 1.29 is 9.53 Å². The van der Waals surface area contributed by atoms with Crippen molar-refractivity contribution in [2.75, 3.05) is 13.2 Å². The molecule has 2 bridgehead atoms. The molecule has 106 valence electrons.